The molecule has 1 unspecified atom stereocenters. The monoisotopic (exact) mass is 469 g/mol. The van der Waals surface area contributed by atoms with Crippen molar-refractivity contribution in [2.24, 2.45) is 0 Å². The third-order valence-corrected chi connectivity index (χ3v) is 5.57. The van der Waals surface area contributed by atoms with Crippen molar-refractivity contribution in [1.29, 1.82) is 5.41 Å². The molecule has 0 radical (unpaired) electrons. The average molecular weight is 470 g/mol. The predicted molar refractivity (Wildman–Crippen MR) is 129 cm³/mol. The first-order chi connectivity index (χ1) is 15.8. The highest BCUT2D eigenvalue weighted by Gasteiger charge is 2.25. The number of nitrogens with one attached hydrogen (secondary N) is 3. The summed E-state index contributed by atoms with van der Waals surface area (Å²) in [5.74, 6) is -0.575. The normalized spacial score (nSPS) is 12.0. The maximum absolute atomic E-state index is 13.2. The van der Waals surface area contributed by atoms with Crippen LogP contribution in [-0.4, -0.2) is 44.8 Å². The number of hydrogen-bond acceptors (Lipinski definition) is 4. The van der Waals surface area contributed by atoms with E-state index in [4.69, 9.17) is 22.0 Å². The summed E-state index contributed by atoms with van der Waals surface area (Å²) in [5.41, 5.74) is 1.84. The van der Waals surface area contributed by atoms with E-state index in [0.717, 1.165) is 11.0 Å². The van der Waals surface area contributed by atoms with Crippen LogP contribution in [0.1, 0.15) is 65.3 Å². The lowest BCUT2D eigenvalue weighted by Gasteiger charge is -2.22. The highest BCUT2D eigenvalue weighted by Crippen LogP contribution is 2.28. The number of amides is 1. The van der Waals surface area contributed by atoms with Crippen molar-refractivity contribution < 1.29 is 14.7 Å². The molecule has 1 atom stereocenters. The van der Waals surface area contributed by atoms with Crippen LogP contribution in [0.2, 0.25) is 0 Å². The number of alkyl halides is 1. The van der Waals surface area contributed by atoms with Gasteiger partial charge in [0.15, 0.2) is 0 Å². The predicted octanol–water partition coefficient (Wildman–Crippen LogP) is 4.37. The standard InChI is InChI=1S/C24H28ClN5O3/c1-15(2)30-20-12-6-5-10-18(20)28-22(30)19(11-7-13-27-21(26)14-25)29-23(31)16-8-3-4-9-17(16)24(32)33/h3-6,8-10,12,15,19H,7,11,13-14H2,1-2H3,(H2,26,27)(H,29,31)(H,32,33). The van der Waals surface area contributed by atoms with E-state index in [1.54, 1.807) is 12.1 Å². The van der Waals surface area contributed by atoms with Crippen LogP contribution in [0.3, 0.4) is 0 Å². The number of carbonyl (C=O) groups excluding carboxylic acids is 1. The quantitative estimate of drug-likeness (QED) is 0.152. The van der Waals surface area contributed by atoms with E-state index in [2.05, 4.69) is 29.0 Å². The minimum Gasteiger partial charge on any atom is -0.478 e. The molecule has 2 aromatic carbocycles. The second-order valence-corrected chi connectivity index (χ2v) is 8.25. The molecule has 9 heteroatoms. The van der Waals surface area contributed by atoms with Gasteiger partial charge in [0.2, 0.25) is 0 Å². The molecule has 0 fully saturated rings. The van der Waals surface area contributed by atoms with Gasteiger partial charge in [-0.3, -0.25) is 10.2 Å². The number of carboxylic acid groups (broad SMARTS) is 1. The average Bonchev–Trinajstić information content (AvgIpc) is 3.20. The van der Waals surface area contributed by atoms with Gasteiger partial charge in [0.05, 0.1) is 34.1 Å². The molecule has 8 nitrogen and oxygen atoms in total. The lowest BCUT2D eigenvalue weighted by atomic mass is 10.0. The molecule has 0 aliphatic rings. The van der Waals surface area contributed by atoms with Gasteiger partial charge in [-0.1, -0.05) is 24.3 Å². The molecule has 3 rings (SSSR count). The van der Waals surface area contributed by atoms with Gasteiger partial charge in [-0.2, -0.15) is 0 Å². The Kier molecular flexibility index (Phi) is 8.06. The topological polar surface area (TPSA) is 120 Å². The number of para-hydroxylation sites is 2. The van der Waals surface area contributed by atoms with Crippen molar-refractivity contribution in [2.45, 2.75) is 38.8 Å². The Labute approximate surface area is 197 Å². The number of fused-ring (bicyclic) bond motifs is 1. The molecule has 0 saturated carbocycles. The van der Waals surface area contributed by atoms with Gasteiger partial charge in [-0.25, -0.2) is 9.78 Å². The lowest BCUT2D eigenvalue weighted by molar-refractivity contribution is 0.0690. The van der Waals surface area contributed by atoms with Crippen molar-refractivity contribution >= 4 is 40.3 Å². The zero-order chi connectivity index (χ0) is 24.0. The van der Waals surface area contributed by atoms with Crippen LogP contribution >= 0.6 is 11.6 Å². The van der Waals surface area contributed by atoms with Crippen molar-refractivity contribution in [1.82, 2.24) is 20.2 Å². The molecule has 1 amide bonds. The van der Waals surface area contributed by atoms with Gasteiger partial charge >= 0.3 is 5.97 Å². The Morgan fingerprint density at radius 3 is 2.45 bits per heavy atom. The van der Waals surface area contributed by atoms with Gasteiger partial charge in [-0.05, 0) is 51.0 Å². The van der Waals surface area contributed by atoms with Gasteiger partial charge in [-0.15, -0.1) is 11.6 Å². The second kappa shape index (κ2) is 11.0. The molecule has 1 aromatic heterocycles. The minimum atomic E-state index is -1.16. The van der Waals surface area contributed by atoms with Crippen molar-refractivity contribution in [2.75, 3.05) is 12.4 Å². The molecule has 174 valence electrons. The Hall–Kier alpha value is -3.39. The fourth-order valence-corrected chi connectivity index (χ4v) is 3.91. The number of aromatic nitrogens is 2. The number of carbonyl (C=O) groups is 2. The number of carboxylic acids is 1. The number of hydrogen-bond donors (Lipinski definition) is 4. The smallest absolute Gasteiger partial charge is 0.336 e. The molecule has 0 bridgehead atoms. The summed E-state index contributed by atoms with van der Waals surface area (Å²) in [6.45, 7) is 4.63. The molecule has 1 heterocycles. The summed E-state index contributed by atoms with van der Waals surface area (Å²) in [5, 5.41) is 23.1. The van der Waals surface area contributed by atoms with Crippen LogP contribution in [0.4, 0.5) is 0 Å². The summed E-state index contributed by atoms with van der Waals surface area (Å²) in [4.78, 5) is 29.6. The summed E-state index contributed by atoms with van der Waals surface area (Å²) in [6.07, 6.45) is 1.19. The molecule has 0 aliphatic heterocycles. The maximum Gasteiger partial charge on any atom is 0.336 e. The number of imidazole rings is 1. The van der Waals surface area contributed by atoms with E-state index in [1.165, 1.54) is 12.1 Å². The summed E-state index contributed by atoms with van der Waals surface area (Å²) in [7, 11) is 0. The fourth-order valence-electron chi connectivity index (χ4n) is 3.81. The number of rotatable bonds is 10. The van der Waals surface area contributed by atoms with Crippen LogP contribution in [0, 0.1) is 5.41 Å². The summed E-state index contributed by atoms with van der Waals surface area (Å²) >= 11 is 5.66. The van der Waals surface area contributed by atoms with Gasteiger partial charge in [0.25, 0.3) is 5.91 Å². The van der Waals surface area contributed by atoms with Crippen LogP contribution < -0.4 is 10.6 Å². The largest absolute Gasteiger partial charge is 0.478 e. The third kappa shape index (κ3) is 5.70. The Bertz CT molecular complexity index is 1160. The van der Waals surface area contributed by atoms with Crippen molar-refractivity contribution in [3.8, 4) is 0 Å². The number of aromatic carboxylic acids is 1. The van der Waals surface area contributed by atoms with Crippen molar-refractivity contribution in [3.63, 3.8) is 0 Å². The molecule has 0 saturated heterocycles. The number of halogens is 1. The van der Waals surface area contributed by atoms with Crippen LogP contribution in [0.5, 0.6) is 0 Å². The van der Waals surface area contributed by atoms with Gasteiger partial charge in [0.1, 0.15) is 11.7 Å². The van der Waals surface area contributed by atoms with E-state index in [-0.39, 0.29) is 28.9 Å². The van der Waals surface area contributed by atoms with Gasteiger partial charge < -0.3 is 20.3 Å². The van der Waals surface area contributed by atoms with Crippen LogP contribution in [0.15, 0.2) is 48.5 Å². The molecule has 3 aromatic rings. The zero-order valence-corrected chi connectivity index (χ0v) is 19.4. The Morgan fingerprint density at radius 1 is 1.12 bits per heavy atom. The van der Waals surface area contributed by atoms with Crippen molar-refractivity contribution in [3.05, 3.63) is 65.5 Å². The number of amidine groups is 1. The van der Waals surface area contributed by atoms with E-state index < -0.39 is 17.9 Å². The molecular weight excluding hydrogens is 442 g/mol. The van der Waals surface area contributed by atoms with Crippen LogP contribution in [0.25, 0.3) is 11.0 Å². The molecule has 33 heavy (non-hydrogen) atoms. The fraction of sp³-hybridized carbons (Fsp3) is 0.333. The Balaban J connectivity index is 1.95. The zero-order valence-electron chi connectivity index (χ0n) is 18.6. The van der Waals surface area contributed by atoms with Crippen LogP contribution in [-0.2, 0) is 0 Å². The molecule has 0 aliphatic carbocycles. The third-order valence-electron chi connectivity index (χ3n) is 5.30. The highest BCUT2D eigenvalue weighted by atomic mass is 35.5. The van der Waals surface area contributed by atoms with E-state index in [9.17, 15) is 14.7 Å². The molecular formula is C24H28ClN5O3. The maximum atomic E-state index is 13.2. The SMILES string of the molecule is CC(C)n1c(C(CCCNC(=N)CCl)NC(=O)c2ccccc2C(=O)O)nc2ccccc21. The highest BCUT2D eigenvalue weighted by molar-refractivity contribution is 6.27. The first-order valence-electron chi connectivity index (χ1n) is 10.8. The minimum absolute atomic E-state index is 0.0525. The molecule has 4 N–H and O–H groups in total. The Morgan fingerprint density at radius 2 is 1.79 bits per heavy atom. The summed E-state index contributed by atoms with van der Waals surface area (Å²) in [6, 6.07) is 13.6. The number of nitrogens with zero attached hydrogens (tertiary/aromatic N) is 2. The van der Waals surface area contributed by atoms with E-state index in [0.29, 0.717) is 25.2 Å². The van der Waals surface area contributed by atoms with Gasteiger partial charge in [0, 0.05) is 12.6 Å². The number of benzene rings is 2. The lowest BCUT2D eigenvalue weighted by Crippen LogP contribution is -2.33. The summed E-state index contributed by atoms with van der Waals surface area (Å²) < 4.78 is 2.09. The van der Waals surface area contributed by atoms with E-state index in [1.807, 2.05) is 24.3 Å². The van der Waals surface area contributed by atoms with E-state index >= 15 is 0 Å². The first-order valence-corrected chi connectivity index (χ1v) is 11.3. The second-order valence-electron chi connectivity index (χ2n) is 7.98. The first kappa shape index (κ1) is 24.3. The molecule has 0 spiro atoms.